The minimum absolute atomic E-state index is 0.0316. The van der Waals surface area contributed by atoms with Crippen LogP contribution in [0.2, 0.25) is 0 Å². The van der Waals surface area contributed by atoms with Crippen LogP contribution in [0.3, 0.4) is 0 Å². The highest BCUT2D eigenvalue weighted by atomic mass is 32.2. The Morgan fingerprint density at radius 3 is 2.17 bits per heavy atom. The molecule has 3 aromatic rings. The molecule has 0 unspecified atom stereocenters. The van der Waals surface area contributed by atoms with Crippen molar-refractivity contribution in [3.05, 3.63) is 95.6 Å². The predicted octanol–water partition coefficient (Wildman–Crippen LogP) is 5.51. The van der Waals surface area contributed by atoms with Crippen molar-refractivity contribution in [1.29, 1.82) is 0 Å². The third kappa shape index (κ3) is 5.42. The van der Waals surface area contributed by atoms with Gasteiger partial charge < -0.3 is 10.2 Å². The Morgan fingerprint density at radius 1 is 0.828 bits per heavy atom. The number of anilines is 1. The Labute approximate surface area is 177 Å². The molecule has 1 N–H and O–H groups in total. The number of carbonyl (C=O) groups excluding carboxylic acids is 1. The van der Waals surface area contributed by atoms with Gasteiger partial charge in [0.2, 0.25) is 0 Å². The molecule has 1 heterocycles. The minimum Gasteiger partial charge on any atom is -0.372 e. The monoisotopic (exact) mass is 402 g/mol. The van der Waals surface area contributed by atoms with Gasteiger partial charge in [0.1, 0.15) is 0 Å². The van der Waals surface area contributed by atoms with Crippen molar-refractivity contribution >= 4 is 23.4 Å². The van der Waals surface area contributed by atoms with Crippen molar-refractivity contribution in [3.8, 4) is 0 Å². The molecule has 29 heavy (non-hydrogen) atoms. The van der Waals surface area contributed by atoms with Crippen LogP contribution >= 0.6 is 11.8 Å². The topological polar surface area (TPSA) is 32.3 Å². The molecule has 0 saturated carbocycles. The Balaban J connectivity index is 1.27. The summed E-state index contributed by atoms with van der Waals surface area (Å²) in [5.74, 6) is 0.867. The fourth-order valence-electron chi connectivity index (χ4n) is 3.52. The van der Waals surface area contributed by atoms with Crippen LogP contribution in [-0.2, 0) is 12.3 Å². The first-order valence-electron chi connectivity index (χ1n) is 10.2. The fourth-order valence-corrected chi connectivity index (χ4v) is 4.40. The number of rotatable bonds is 7. The average molecular weight is 403 g/mol. The molecule has 0 spiro atoms. The van der Waals surface area contributed by atoms with Gasteiger partial charge in [0.05, 0.1) is 0 Å². The second-order valence-corrected chi connectivity index (χ2v) is 8.39. The van der Waals surface area contributed by atoms with E-state index in [1.54, 1.807) is 11.8 Å². The van der Waals surface area contributed by atoms with Crippen LogP contribution in [0.25, 0.3) is 0 Å². The maximum absolute atomic E-state index is 12.5. The summed E-state index contributed by atoms with van der Waals surface area (Å²) >= 11 is 1.80. The molecule has 148 valence electrons. The Morgan fingerprint density at radius 2 is 1.48 bits per heavy atom. The summed E-state index contributed by atoms with van der Waals surface area (Å²) in [6.07, 6.45) is 2.56. The average Bonchev–Trinajstić information content (AvgIpc) is 3.32. The van der Waals surface area contributed by atoms with Crippen molar-refractivity contribution in [2.45, 2.75) is 30.0 Å². The highest BCUT2D eigenvalue weighted by Gasteiger charge is 2.12. The Kier molecular flexibility index (Phi) is 6.52. The summed E-state index contributed by atoms with van der Waals surface area (Å²) < 4.78 is 0. The lowest BCUT2D eigenvalue weighted by Gasteiger charge is -2.17. The van der Waals surface area contributed by atoms with Gasteiger partial charge in [0.25, 0.3) is 5.91 Å². The second-order valence-electron chi connectivity index (χ2n) is 7.34. The molecule has 0 atom stereocenters. The van der Waals surface area contributed by atoms with Gasteiger partial charge in [-0.05, 0) is 60.4 Å². The summed E-state index contributed by atoms with van der Waals surface area (Å²) in [4.78, 5) is 16.1. The zero-order valence-corrected chi connectivity index (χ0v) is 17.3. The zero-order chi connectivity index (χ0) is 19.9. The highest BCUT2D eigenvalue weighted by Crippen LogP contribution is 2.23. The molecule has 1 saturated heterocycles. The standard InChI is InChI=1S/C25H26N2OS/c28-25(26-18-20-10-14-23(15-11-20)27-16-4-5-17-27)22-12-8-21(9-13-22)19-29-24-6-2-1-3-7-24/h1-3,6-15H,4-5,16-19H2,(H,26,28). The summed E-state index contributed by atoms with van der Waals surface area (Å²) in [7, 11) is 0. The molecule has 0 radical (unpaired) electrons. The van der Waals surface area contributed by atoms with Crippen molar-refractivity contribution in [3.63, 3.8) is 0 Å². The Bertz CT molecular complexity index is 917. The zero-order valence-electron chi connectivity index (χ0n) is 16.5. The molecule has 1 amide bonds. The van der Waals surface area contributed by atoms with Gasteiger partial charge in [0, 0.05) is 41.5 Å². The van der Waals surface area contributed by atoms with Gasteiger partial charge in [-0.25, -0.2) is 0 Å². The van der Waals surface area contributed by atoms with E-state index in [0.29, 0.717) is 12.1 Å². The second kappa shape index (κ2) is 9.66. The first-order chi connectivity index (χ1) is 14.3. The Hall–Kier alpha value is -2.72. The van der Waals surface area contributed by atoms with E-state index in [1.807, 2.05) is 30.3 Å². The minimum atomic E-state index is -0.0316. The first kappa shape index (κ1) is 19.6. The molecular weight excluding hydrogens is 376 g/mol. The lowest BCUT2D eigenvalue weighted by Crippen LogP contribution is -2.23. The van der Waals surface area contributed by atoms with Crippen molar-refractivity contribution in [1.82, 2.24) is 5.32 Å². The van der Waals surface area contributed by atoms with Crippen LogP contribution in [-0.4, -0.2) is 19.0 Å². The van der Waals surface area contributed by atoms with Gasteiger partial charge in [-0.1, -0.05) is 42.5 Å². The van der Waals surface area contributed by atoms with E-state index in [0.717, 1.165) is 24.4 Å². The largest absolute Gasteiger partial charge is 0.372 e. The fraction of sp³-hybridized carbons (Fsp3) is 0.240. The molecule has 1 fully saturated rings. The molecule has 0 bridgehead atoms. The van der Waals surface area contributed by atoms with Gasteiger partial charge in [-0.3, -0.25) is 4.79 Å². The van der Waals surface area contributed by atoms with E-state index < -0.39 is 0 Å². The highest BCUT2D eigenvalue weighted by molar-refractivity contribution is 7.98. The smallest absolute Gasteiger partial charge is 0.251 e. The number of nitrogens with one attached hydrogen (secondary N) is 1. The normalized spacial score (nSPS) is 13.4. The van der Waals surface area contributed by atoms with Crippen molar-refractivity contribution < 1.29 is 4.79 Å². The third-order valence-electron chi connectivity index (χ3n) is 5.23. The lowest BCUT2D eigenvalue weighted by molar-refractivity contribution is 0.0951. The van der Waals surface area contributed by atoms with Gasteiger partial charge in [0.15, 0.2) is 0 Å². The molecule has 3 aromatic carbocycles. The summed E-state index contributed by atoms with van der Waals surface area (Å²) in [5.41, 5.74) is 4.32. The maximum Gasteiger partial charge on any atom is 0.251 e. The number of benzene rings is 3. The SMILES string of the molecule is O=C(NCc1ccc(N2CCCC2)cc1)c1ccc(CSc2ccccc2)cc1. The van der Waals surface area contributed by atoms with Crippen molar-refractivity contribution in [2.24, 2.45) is 0 Å². The molecule has 1 aliphatic heterocycles. The van der Waals surface area contributed by atoms with Crippen LogP contribution in [0.15, 0.2) is 83.8 Å². The summed E-state index contributed by atoms with van der Waals surface area (Å²) in [6, 6.07) is 26.8. The quantitative estimate of drug-likeness (QED) is 0.529. The number of thioether (sulfide) groups is 1. The first-order valence-corrected chi connectivity index (χ1v) is 11.2. The number of carbonyl (C=O) groups is 1. The number of hydrogen-bond acceptors (Lipinski definition) is 3. The molecular formula is C25H26N2OS. The molecule has 4 heteroatoms. The molecule has 3 nitrogen and oxygen atoms in total. The summed E-state index contributed by atoms with van der Waals surface area (Å²) in [5, 5.41) is 3.02. The van der Waals surface area contributed by atoms with Crippen LogP contribution in [0.5, 0.6) is 0 Å². The predicted molar refractivity (Wildman–Crippen MR) is 122 cm³/mol. The van der Waals surface area contributed by atoms with Gasteiger partial charge in [-0.2, -0.15) is 0 Å². The third-order valence-corrected chi connectivity index (χ3v) is 6.31. The molecule has 0 aliphatic carbocycles. The van der Waals surface area contributed by atoms with E-state index in [1.165, 1.54) is 29.0 Å². The number of nitrogens with zero attached hydrogens (tertiary/aromatic N) is 1. The van der Waals surface area contributed by atoms with E-state index in [-0.39, 0.29) is 5.91 Å². The van der Waals surface area contributed by atoms with E-state index in [2.05, 4.69) is 58.7 Å². The maximum atomic E-state index is 12.5. The number of hydrogen-bond donors (Lipinski definition) is 1. The van der Waals surface area contributed by atoms with Crippen LogP contribution in [0, 0.1) is 0 Å². The van der Waals surface area contributed by atoms with Crippen molar-refractivity contribution in [2.75, 3.05) is 18.0 Å². The van der Waals surface area contributed by atoms with Crippen LogP contribution in [0.4, 0.5) is 5.69 Å². The molecule has 0 aromatic heterocycles. The van der Waals surface area contributed by atoms with E-state index >= 15 is 0 Å². The van der Waals surface area contributed by atoms with Crippen LogP contribution < -0.4 is 10.2 Å². The van der Waals surface area contributed by atoms with Crippen LogP contribution in [0.1, 0.15) is 34.3 Å². The van der Waals surface area contributed by atoms with E-state index in [4.69, 9.17) is 0 Å². The number of amides is 1. The molecule has 1 aliphatic rings. The molecule has 4 rings (SSSR count). The van der Waals surface area contributed by atoms with E-state index in [9.17, 15) is 4.79 Å². The lowest BCUT2D eigenvalue weighted by atomic mass is 10.1. The van der Waals surface area contributed by atoms with Gasteiger partial charge in [-0.15, -0.1) is 11.8 Å². The van der Waals surface area contributed by atoms with Gasteiger partial charge >= 0.3 is 0 Å². The summed E-state index contributed by atoms with van der Waals surface area (Å²) in [6.45, 7) is 2.84.